The Morgan fingerprint density at radius 3 is 0.992 bits per heavy atom. The first-order valence-corrected chi connectivity index (χ1v) is 51.8. The Kier molecular flexibility index (Phi) is 41.0. The van der Waals surface area contributed by atoms with Crippen molar-refractivity contribution in [3.05, 3.63) is 328 Å². The second-order valence-corrected chi connectivity index (χ2v) is 42.1. The number of hydrogen-bond acceptors (Lipinski definition) is 24. The van der Waals surface area contributed by atoms with E-state index in [9.17, 15) is 50.5 Å². The van der Waals surface area contributed by atoms with E-state index in [1.165, 1.54) is 75.4 Å². The molecule has 11 aromatic carbocycles. The van der Waals surface area contributed by atoms with Gasteiger partial charge in [-0.15, -0.1) is 0 Å². The van der Waals surface area contributed by atoms with Crippen LogP contribution >= 0.6 is 0 Å². The number of hydrogen-bond donors (Lipinski definition) is 0. The van der Waals surface area contributed by atoms with Gasteiger partial charge < -0.3 is 24.0 Å². The molecule has 3 aliphatic heterocycles. The molecule has 0 spiro atoms. The van der Waals surface area contributed by atoms with Crippen LogP contribution in [0.2, 0.25) is 0 Å². The van der Waals surface area contributed by atoms with Crippen LogP contribution in [0.4, 0.5) is 11.4 Å². The summed E-state index contributed by atoms with van der Waals surface area (Å²) in [5.74, 6) is 3.00. The standard InChI is InChI=1S/C31H30N2O2.C13H18O3S.C13H20O3S.C10H13NO.2C9H12O3S.2C8H10O3S/c1-31(2,25-13-15-29-23(17-25)19-32(21-34-29)27-9-5-3-6-10-27)26-14-16-30-24(18-26)20-33(22-35-30)28-11-7-4-8-12-28;1-11-7-9-13(10-8-11)17(14,15)16-12-5-3-2-4-6-12;1-3-4-5-6-11-16-17(14,15)13-9-7-12(2)8-10-13;1-8-3-4-10-9(5-8)6-11(2)7-12-10;2*1-3-12-13(10,11)9-6-4-8(2)5-7-9;2*1-7-3-5-8(6-4-7)12(9,10)11-2/h3-18H,19-22H2,1-2H3;7-10,12H,2-6H2,1H3;7-10H,3-6,11H2,1-2H3;3-5H,6-7H2,1-2H3;2*4-7H,3H2,1-2H3;2*3-6H,1-2H3. The fourth-order valence-electron chi connectivity index (χ4n) is 13.6. The topological polar surface area (TPSA) is 298 Å². The predicted octanol–water partition coefficient (Wildman–Crippen LogP) is 20.9. The van der Waals surface area contributed by atoms with Gasteiger partial charge in [0, 0.05) is 53.1 Å². The van der Waals surface area contributed by atoms with Gasteiger partial charge in [0.05, 0.1) is 69.5 Å². The monoisotopic (exact) mass is 1910 g/mol. The minimum atomic E-state index is -3.58. The third kappa shape index (κ3) is 33.5. The van der Waals surface area contributed by atoms with Crippen molar-refractivity contribution in [2.24, 2.45) is 0 Å². The molecule has 1 aliphatic carbocycles. The van der Waals surface area contributed by atoms with Crippen LogP contribution in [0.3, 0.4) is 0 Å². The smallest absolute Gasteiger partial charge is 0.297 e. The zero-order valence-corrected chi connectivity index (χ0v) is 82.4. The third-order valence-electron chi connectivity index (χ3n) is 21.3. The van der Waals surface area contributed by atoms with Crippen LogP contribution in [0.5, 0.6) is 17.2 Å². The van der Waals surface area contributed by atoms with E-state index >= 15 is 0 Å². The van der Waals surface area contributed by atoms with Crippen LogP contribution < -0.4 is 24.0 Å². The largest absolute Gasteiger partial charge is 0.478 e. The van der Waals surface area contributed by atoms with Gasteiger partial charge >= 0.3 is 0 Å². The zero-order chi connectivity index (χ0) is 95.6. The SMILES string of the molecule is CC(C)(c1ccc2c(c1)CN(c1ccccc1)CO2)c1ccc2c(c1)CN(c1ccccc1)CO2.CCCCCCOS(=O)(=O)c1ccc(C)cc1.CCOS(=O)(=O)c1ccc(C)cc1.CCOS(=O)(=O)c1ccc(C)cc1.COS(=O)(=O)c1ccc(C)cc1.COS(=O)(=O)c1ccc(C)cc1.Cc1ccc(S(=O)(=O)OC2CCCCC2)cc1.Cc1ccc2c(c1)CN(C)CO2. The summed E-state index contributed by atoms with van der Waals surface area (Å²) in [5, 5.41) is 0. The third-order valence-corrected chi connectivity index (χ3v) is 29.3. The van der Waals surface area contributed by atoms with Crippen molar-refractivity contribution in [2.75, 3.05) is 71.1 Å². The maximum absolute atomic E-state index is 12.0. The maximum Gasteiger partial charge on any atom is 0.297 e. The maximum atomic E-state index is 12.0. The Hall–Kier alpha value is -10.2. The minimum Gasteiger partial charge on any atom is -0.478 e. The molecule has 706 valence electrons. The Balaban J connectivity index is 0.000000192. The van der Waals surface area contributed by atoms with Gasteiger partial charge in [-0.25, -0.2) is 0 Å². The minimum absolute atomic E-state index is 0.130. The molecule has 4 aliphatic rings. The highest BCUT2D eigenvalue weighted by molar-refractivity contribution is 7.88. The summed E-state index contributed by atoms with van der Waals surface area (Å²) in [7, 11) is -16.9. The van der Waals surface area contributed by atoms with Gasteiger partial charge in [-0.05, 0) is 227 Å². The highest BCUT2D eigenvalue weighted by Crippen LogP contribution is 2.40. The molecule has 0 radical (unpaired) electrons. The lowest BCUT2D eigenvalue weighted by atomic mass is 9.77. The number of unbranched alkanes of at least 4 members (excludes halogenated alkanes) is 3. The van der Waals surface area contributed by atoms with Crippen LogP contribution in [-0.4, -0.2) is 123 Å². The Morgan fingerprint density at radius 1 is 0.336 bits per heavy atom. The van der Waals surface area contributed by atoms with Gasteiger partial charge in [0.2, 0.25) is 0 Å². The van der Waals surface area contributed by atoms with Crippen molar-refractivity contribution in [2.45, 2.75) is 201 Å². The molecule has 3 heterocycles. The Morgan fingerprint density at radius 2 is 0.649 bits per heavy atom. The predicted molar refractivity (Wildman–Crippen MR) is 515 cm³/mol. The Bertz CT molecular complexity index is 5860. The molecule has 30 heteroatoms. The van der Waals surface area contributed by atoms with Gasteiger partial charge in [-0.3, -0.25) is 30.0 Å². The lowest BCUT2D eigenvalue weighted by molar-refractivity contribution is 0.121. The molecule has 0 bridgehead atoms. The summed E-state index contributed by atoms with van der Waals surface area (Å²) in [4.78, 5) is 7.99. The van der Waals surface area contributed by atoms with E-state index in [1.54, 1.807) is 135 Å². The summed E-state index contributed by atoms with van der Waals surface area (Å²) in [6, 6.07) is 80.2. The molecule has 1 saturated carbocycles. The molecule has 0 saturated heterocycles. The van der Waals surface area contributed by atoms with Crippen LogP contribution in [-0.2, 0) is 111 Å². The fraction of sp³-hybridized carbons (Fsp3) is 0.347. The number of ether oxygens (including phenoxy) is 3. The van der Waals surface area contributed by atoms with Crippen LogP contribution in [0.15, 0.2) is 290 Å². The van der Waals surface area contributed by atoms with Gasteiger partial charge in [0.1, 0.15) is 24.0 Å². The molecule has 0 atom stereocenters. The average molecular weight is 1910 g/mol. The summed E-state index contributed by atoms with van der Waals surface area (Å²) >= 11 is 0. The summed E-state index contributed by atoms with van der Waals surface area (Å²) in [6.07, 6.45) is 8.94. The van der Waals surface area contributed by atoms with Crippen molar-refractivity contribution in [1.29, 1.82) is 0 Å². The molecule has 1 fully saturated rings. The number of rotatable bonds is 24. The summed E-state index contributed by atoms with van der Waals surface area (Å²) in [5.41, 5.74) is 16.0. The zero-order valence-electron chi connectivity index (χ0n) is 77.5. The van der Waals surface area contributed by atoms with E-state index in [2.05, 4.69) is 169 Å². The number of para-hydroxylation sites is 2. The molecule has 0 N–H and O–H groups in total. The Labute approximate surface area is 778 Å². The van der Waals surface area contributed by atoms with Gasteiger partial charge in [-0.2, -0.15) is 50.5 Å². The van der Waals surface area contributed by atoms with Crippen molar-refractivity contribution < 1.29 is 89.8 Å². The molecule has 0 amide bonds. The molecule has 11 aromatic rings. The quantitative estimate of drug-likeness (QED) is 0.0401. The second-order valence-electron chi connectivity index (χ2n) is 32.3. The van der Waals surface area contributed by atoms with Gasteiger partial charge in [-0.1, -0.05) is 232 Å². The van der Waals surface area contributed by atoms with Crippen LogP contribution in [0.25, 0.3) is 0 Å². The first kappa shape index (κ1) is 106. The van der Waals surface area contributed by atoms with E-state index in [0.29, 0.717) is 20.2 Å². The van der Waals surface area contributed by atoms with E-state index in [1.807, 2.05) is 53.7 Å². The van der Waals surface area contributed by atoms with E-state index in [4.69, 9.17) is 22.6 Å². The van der Waals surface area contributed by atoms with Crippen molar-refractivity contribution >= 4 is 72.1 Å². The van der Waals surface area contributed by atoms with Gasteiger partial charge in [0.15, 0.2) is 13.5 Å². The number of anilines is 2. The van der Waals surface area contributed by atoms with Crippen molar-refractivity contribution in [3.8, 4) is 17.2 Å². The molecule has 24 nitrogen and oxygen atoms in total. The average Bonchev–Trinajstić information content (AvgIpc) is 0.765. The molecule has 0 unspecified atom stereocenters. The molecular formula is C101H125N3O21S6. The first-order chi connectivity index (χ1) is 62.2. The molecule has 131 heavy (non-hydrogen) atoms. The molecule has 0 aromatic heterocycles. The number of fused-ring (bicyclic) bond motifs is 3. The summed E-state index contributed by atoms with van der Waals surface area (Å²) in [6.45, 7) is 28.7. The number of benzene rings is 11. The lowest BCUT2D eigenvalue weighted by Gasteiger charge is -2.34. The molecule has 15 rings (SSSR count). The second kappa shape index (κ2) is 50.6. The van der Waals surface area contributed by atoms with Gasteiger partial charge in [0.25, 0.3) is 60.7 Å². The highest BCUT2D eigenvalue weighted by Gasteiger charge is 2.30. The lowest BCUT2D eigenvalue weighted by Crippen LogP contribution is -2.32. The first-order valence-electron chi connectivity index (χ1n) is 43.4. The van der Waals surface area contributed by atoms with E-state index < -0.39 is 60.7 Å². The van der Waals surface area contributed by atoms with E-state index in [0.717, 1.165) is 136 Å². The fourth-order valence-corrected chi connectivity index (χ4v) is 18.8. The molecular weight excluding hydrogens is 1780 g/mol. The number of nitrogens with zero attached hydrogens (tertiary/aromatic N) is 3. The van der Waals surface area contributed by atoms with Crippen LogP contribution in [0.1, 0.15) is 159 Å². The summed E-state index contributed by atoms with van der Waals surface area (Å²) < 4.78 is 183. The van der Waals surface area contributed by atoms with Crippen molar-refractivity contribution in [1.82, 2.24) is 4.90 Å². The van der Waals surface area contributed by atoms with E-state index in [-0.39, 0.29) is 60.7 Å². The normalized spacial score (nSPS) is 13.8. The number of aryl methyl sites for hydroxylation is 7. The van der Waals surface area contributed by atoms with Crippen LogP contribution in [0, 0.1) is 48.5 Å². The highest BCUT2D eigenvalue weighted by atomic mass is 32.2. The van der Waals surface area contributed by atoms with Crippen molar-refractivity contribution in [3.63, 3.8) is 0 Å².